The number of aryl methyl sites for hydroxylation is 2. The molecule has 1 aliphatic rings. The van der Waals surface area contributed by atoms with E-state index in [1.807, 2.05) is 16.9 Å². The minimum atomic E-state index is 0.156. The first-order chi connectivity index (χ1) is 10.7. The van der Waals surface area contributed by atoms with Gasteiger partial charge < -0.3 is 5.32 Å². The fourth-order valence-electron chi connectivity index (χ4n) is 3.36. The minimum Gasteiger partial charge on any atom is -0.353 e. The predicted molar refractivity (Wildman–Crippen MR) is 88.7 cm³/mol. The zero-order valence-electron chi connectivity index (χ0n) is 13.3. The van der Waals surface area contributed by atoms with Crippen LogP contribution in [-0.2, 0) is 11.3 Å². The number of carbonyl (C=O) groups excluding carboxylic acids is 1. The summed E-state index contributed by atoms with van der Waals surface area (Å²) >= 11 is 0. The molecule has 22 heavy (non-hydrogen) atoms. The molecule has 4 nitrogen and oxygen atoms in total. The Morgan fingerprint density at radius 3 is 2.82 bits per heavy atom. The van der Waals surface area contributed by atoms with Crippen LogP contribution in [0.3, 0.4) is 0 Å². The molecule has 1 aromatic heterocycles. The van der Waals surface area contributed by atoms with E-state index in [0.717, 1.165) is 18.4 Å². The third-order valence-corrected chi connectivity index (χ3v) is 4.68. The van der Waals surface area contributed by atoms with Gasteiger partial charge in [0.2, 0.25) is 5.91 Å². The molecule has 0 radical (unpaired) electrons. The van der Waals surface area contributed by atoms with Gasteiger partial charge in [-0.25, -0.2) is 0 Å². The van der Waals surface area contributed by atoms with Crippen molar-refractivity contribution in [1.29, 1.82) is 0 Å². The first-order valence-electron chi connectivity index (χ1n) is 8.44. The van der Waals surface area contributed by atoms with E-state index >= 15 is 0 Å². The molecule has 1 N–H and O–H groups in total. The van der Waals surface area contributed by atoms with Gasteiger partial charge in [0.1, 0.15) is 0 Å². The number of aromatic nitrogens is 2. The number of hydrogen-bond acceptors (Lipinski definition) is 2. The maximum absolute atomic E-state index is 12.2. The maximum Gasteiger partial charge on any atom is 0.222 e. The first-order valence-corrected chi connectivity index (χ1v) is 8.44. The second-order valence-corrected chi connectivity index (χ2v) is 6.38. The Hall–Kier alpha value is -1.84. The van der Waals surface area contributed by atoms with Crippen molar-refractivity contribution < 1.29 is 4.79 Å². The van der Waals surface area contributed by atoms with E-state index < -0.39 is 0 Å². The van der Waals surface area contributed by atoms with Crippen molar-refractivity contribution >= 4 is 16.8 Å². The second-order valence-electron chi connectivity index (χ2n) is 6.38. The molecule has 1 aliphatic carbocycles. The Morgan fingerprint density at radius 2 is 2.05 bits per heavy atom. The van der Waals surface area contributed by atoms with Gasteiger partial charge >= 0.3 is 0 Å². The summed E-state index contributed by atoms with van der Waals surface area (Å²) in [4.78, 5) is 12.2. The lowest BCUT2D eigenvalue weighted by Gasteiger charge is -2.16. The highest BCUT2D eigenvalue weighted by molar-refractivity contribution is 5.82. The minimum absolute atomic E-state index is 0.156. The van der Waals surface area contributed by atoms with Crippen molar-refractivity contribution in [3.05, 3.63) is 30.0 Å². The molecule has 0 bridgehead atoms. The van der Waals surface area contributed by atoms with E-state index in [0.29, 0.717) is 19.0 Å². The van der Waals surface area contributed by atoms with Crippen molar-refractivity contribution in [2.45, 2.75) is 64.5 Å². The SMILES string of the molecule is Cc1cccc2c1cnn2CCC(=O)NC1CCCCCC1. The number of nitrogens with one attached hydrogen (secondary N) is 1. The molecule has 1 amide bonds. The summed E-state index contributed by atoms with van der Waals surface area (Å²) in [5.74, 6) is 0.156. The Balaban J connectivity index is 1.57. The summed E-state index contributed by atoms with van der Waals surface area (Å²) in [5, 5.41) is 8.80. The molecule has 0 unspecified atom stereocenters. The van der Waals surface area contributed by atoms with Gasteiger partial charge in [-0.05, 0) is 31.4 Å². The molecule has 1 heterocycles. The van der Waals surface area contributed by atoms with Crippen molar-refractivity contribution in [1.82, 2.24) is 15.1 Å². The van der Waals surface area contributed by atoms with E-state index in [9.17, 15) is 4.79 Å². The molecule has 0 atom stereocenters. The van der Waals surface area contributed by atoms with Gasteiger partial charge in [0.05, 0.1) is 18.3 Å². The molecule has 2 aromatic rings. The summed E-state index contributed by atoms with van der Waals surface area (Å²) < 4.78 is 1.94. The molecular weight excluding hydrogens is 274 g/mol. The van der Waals surface area contributed by atoms with Crippen LogP contribution in [-0.4, -0.2) is 21.7 Å². The molecule has 1 saturated carbocycles. The molecule has 3 rings (SSSR count). The summed E-state index contributed by atoms with van der Waals surface area (Å²) in [5.41, 5.74) is 2.34. The van der Waals surface area contributed by atoms with Crippen molar-refractivity contribution in [3.63, 3.8) is 0 Å². The molecule has 0 spiro atoms. The number of benzene rings is 1. The number of carbonyl (C=O) groups is 1. The standard InChI is InChI=1S/C18H25N3O/c1-14-7-6-10-17-16(14)13-19-21(17)12-11-18(22)20-15-8-4-2-3-5-9-15/h6-7,10,13,15H,2-5,8-9,11-12H2,1H3,(H,20,22). The maximum atomic E-state index is 12.2. The number of nitrogens with zero attached hydrogens (tertiary/aromatic N) is 2. The van der Waals surface area contributed by atoms with Gasteiger partial charge in [-0.15, -0.1) is 0 Å². The lowest BCUT2D eigenvalue weighted by atomic mass is 10.1. The van der Waals surface area contributed by atoms with Crippen molar-refractivity contribution in [3.8, 4) is 0 Å². The van der Waals surface area contributed by atoms with Crippen LogP contribution >= 0.6 is 0 Å². The average molecular weight is 299 g/mol. The number of fused-ring (bicyclic) bond motifs is 1. The van der Waals surface area contributed by atoms with Crippen LogP contribution in [0.5, 0.6) is 0 Å². The highest BCUT2D eigenvalue weighted by Crippen LogP contribution is 2.19. The summed E-state index contributed by atoms with van der Waals surface area (Å²) in [6, 6.07) is 6.58. The van der Waals surface area contributed by atoms with Crippen LogP contribution in [0.2, 0.25) is 0 Å². The van der Waals surface area contributed by atoms with Gasteiger partial charge in [0, 0.05) is 17.8 Å². The smallest absolute Gasteiger partial charge is 0.222 e. The zero-order chi connectivity index (χ0) is 15.4. The van der Waals surface area contributed by atoms with E-state index in [2.05, 4.69) is 29.5 Å². The molecule has 0 saturated heterocycles. The third-order valence-electron chi connectivity index (χ3n) is 4.68. The highest BCUT2D eigenvalue weighted by Gasteiger charge is 2.15. The van der Waals surface area contributed by atoms with Crippen LogP contribution in [0.25, 0.3) is 10.9 Å². The molecule has 118 valence electrons. The van der Waals surface area contributed by atoms with Crippen molar-refractivity contribution in [2.75, 3.05) is 0 Å². The average Bonchev–Trinajstić information content (AvgIpc) is 2.76. The van der Waals surface area contributed by atoms with E-state index in [-0.39, 0.29) is 5.91 Å². The lowest BCUT2D eigenvalue weighted by Crippen LogP contribution is -2.34. The van der Waals surface area contributed by atoms with Crippen LogP contribution in [0.1, 0.15) is 50.5 Å². The van der Waals surface area contributed by atoms with Crippen LogP contribution in [0, 0.1) is 6.92 Å². The molecule has 0 aliphatic heterocycles. The lowest BCUT2D eigenvalue weighted by molar-refractivity contribution is -0.122. The van der Waals surface area contributed by atoms with Crippen molar-refractivity contribution in [2.24, 2.45) is 0 Å². The number of rotatable bonds is 4. The topological polar surface area (TPSA) is 46.9 Å². The van der Waals surface area contributed by atoms with Gasteiger partial charge in [-0.3, -0.25) is 9.48 Å². The van der Waals surface area contributed by atoms with Gasteiger partial charge in [0.15, 0.2) is 0 Å². The first kappa shape index (κ1) is 15.1. The number of amides is 1. The Kier molecular flexibility index (Phi) is 4.76. The monoisotopic (exact) mass is 299 g/mol. The van der Waals surface area contributed by atoms with E-state index in [4.69, 9.17) is 0 Å². The quantitative estimate of drug-likeness (QED) is 0.877. The zero-order valence-corrected chi connectivity index (χ0v) is 13.3. The van der Waals surface area contributed by atoms with Gasteiger partial charge in [0.25, 0.3) is 0 Å². The van der Waals surface area contributed by atoms with E-state index in [1.54, 1.807) is 0 Å². The van der Waals surface area contributed by atoms with Crippen LogP contribution in [0.4, 0.5) is 0 Å². The number of hydrogen-bond donors (Lipinski definition) is 1. The fraction of sp³-hybridized carbons (Fsp3) is 0.556. The summed E-state index contributed by atoms with van der Waals surface area (Å²) in [6.45, 7) is 2.73. The normalized spacial score (nSPS) is 16.6. The summed E-state index contributed by atoms with van der Waals surface area (Å²) in [7, 11) is 0. The predicted octanol–water partition coefficient (Wildman–Crippen LogP) is 3.57. The van der Waals surface area contributed by atoms with Gasteiger partial charge in [-0.2, -0.15) is 5.10 Å². The van der Waals surface area contributed by atoms with Crippen LogP contribution < -0.4 is 5.32 Å². The second kappa shape index (κ2) is 6.95. The van der Waals surface area contributed by atoms with Gasteiger partial charge in [-0.1, -0.05) is 37.8 Å². The Bertz CT molecular complexity index is 639. The molecule has 1 fully saturated rings. The molecular formula is C18H25N3O. The Morgan fingerprint density at radius 1 is 1.27 bits per heavy atom. The third kappa shape index (κ3) is 3.49. The molecule has 1 aromatic carbocycles. The highest BCUT2D eigenvalue weighted by atomic mass is 16.1. The molecule has 4 heteroatoms. The summed E-state index contributed by atoms with van der Waals surface area (Å²) in [6.07, 6.45) is 9.78. The Labute approximate surface area is 131 Å². The largest absolute Gasteiger partial charge is 0.353 e. The van der Waals surface area contributed by atoms with E-state index in [1.165, 1.54) is 36.6 Å². The van der Waals surface area contributed by atoms with Crippen LogP contribution in [0.15, 0.2) is 24.4 Å². The fourth-order valence-corrected chi connectivity index (χ4v) is 3.36.